The van der Waals surface area contributed by atoms with Crippen LogP contribution in [0.25, 0.3) is 0 Å². The monoisotopic (exact) mass is 304 g/mol. The molecule has 1 fully saturated rings. The Labute approximate surface area is 135 Å². The number of anilines is 2. The second-order valence-corrected chi connectivity index (χ2v) is 5.94. The second kappa shape index (κ2) is 9.01. The minimum Gasteiger partial charge on any atom is -0.382 e. The van der Waals surface area contributed by atoms with Crippen LogP contribution in [-0.2, 0) is 4.74 Å². The van der Waals surface area contributed by atoms with Gasteiger partial charge in [-0.2, -0.15) is 0 Å². The van der Waals surface area contributed by atoms with Crippen LogP contribution in [0.2, 0.25) is 0 Å². The Hall–Kier alpha value is -1.26. The lowest BCUT2D eigenvalue weighted by Gasteiger charge is -2.26. The second-order valence-electron chi connectivity index (χ2n) is 5.94. The van der Waals surface area contributed by atoms with Crippen LogP contribution in [0, 0.1) is 6.07 Å². The molecule has 0 spiro atoms. The summed E-state index contributed by atoms with van der Waals surface area (Å²) in [6, 6.07) is 10.2. The quantitative estimate of drug-likeness (QED) is 0.799. The van der Waals surface area contributed by atoms with Crippen molar-refractivity contribution in [1.29, 1.82) is 0 Å². The van der Waals surface area contributed by atoms with Gasteiger partial charge >= 0.3 is 0 Å². The first-order chi connectivity index (χ1) is 10.7. The van der Waals surface area contributed by atoms with E-state index in [-0.39, 0.29) is 0 Å². The topological polar surface area (TPSA) is 27.7 Å². The third-order valence-corrected chi connectivity index (χ3v) is 4.45. The zero-order chi connectivity index (χ0) is 15.8. The van der Waals surface area contributed by atoms with Crippen molar-refractivity contribution in [2.45, 2.75) is 32.7 Å². The van der Waals surface area contributed by atoms with E-state index < -0.39 is 0 Å². The summed E-state index contributed by atoms with van der Waals surface area (Å²) >= 11 is 0. The number of hydrogen-bond donors (Lipinski definition) is 1. The van der Waals surface area contributed by atoms with Crippen LogP contribution < -0.4 is 10.2 Å². The molecule has 22 heavy (non-hydrogen) atoms. The van der Waals surface area contributed by atoms with E-state index in [9.17, 15) is 0 Å². The van der Waals surface area contributed by atoms with E-state index in [2.05, 4.69) is 54.2 Å². The Kier molecular flexibility index (Phi) is 7.00. The molecule has 4 heteroatoms. The third kappa shape index (κ3) is 5.18. The number of benzene rings is 1. The molecule has 123 valence electrons. The summed E-state index contributed by atoms with van der Waals surface area (Å²) in [5.74, 6) is 0. The molecule has 1 aromatic rings. The number of rotatable bonds is 8. The summed E-state index contributed by atoms with van der Waals surface area (Å²) in [4.78, 5) is 4.77. The predicted molar refractivity (Wildman–Crippen MR) is 93.8 cm³/mol. The highest BCUT2D eigenvalue weighted by Gasteiger charge is 2.13. The smallest absolute Gasteiger partial charge is 0.0485 e. The first-order valence-corrected chi connectivity index (χ1v) is 8.52. The molecule has 1 aliphatic heterocycles. The number of likely N-dealkylation sites (N-methyl/N-ethyl adjacent to an activating group) is 2. The average molecular weight is 304 g/mol. The molecule has 1 aromatic carbocycles. The van der Waals surface area contributed by atoms with Crippen molar-refractivity contribution in [2.24, 2.45) is 0 Å². The molecule has 0 aromatic heterocycles. The lowest BCUT2D eigenvalue weighted by Crippen LogP contribution is -2.33. The standard InChI is InChI=1S/C18H30N3O/c1-4-21(5-2)12-11-20(3)18-8-6-7-17(15-18)19-16-9-13-22-14-10-16/h6,8,15-16,19H,4-5,9-14H2,1-3H3. The predicted octanol–water partition coefficient (Wildman–Crippen LogP) is 2.86. The molecule has 0 unspecified atom stereocenters. The molecule has 0 atom stereocenters. The van der Waals surface area contributed by atoms with Crippen molar-refractivity contribution in [3.8, 4) is 0 Å². The van der Waals surface area contributed by atoms with Gasteiger partial charge in [0, 0.05) is 56.8 Å². The minimum atomic E-state index is 0.515. The van der Waals surface area contributed by atoms with Gasteiger partial charge in [0.15, 0.2) is 0 Å². The molecule has 2 rings (SSSR count). The third-order valence-electron chi connectivity index (χ3n) is 4.45. The van der Waals surface area contributed by atoms with Crippen molar-refractivity contribution in [2.75, 3.05) is 56.7 Å². The first kappa shape index (κ1) is 17.1. The van der Waals surface area contributed by atoms with Gasteiger partial charge < -0.3 is 19.9 Å². The summed E-state index contributed by atoms with van der Waals surface area (Å²) in [6.07, 6.45) is 2.16. The molecule has 1 N–H and O–H groups in total. The molecule has 4 nitrogen and oxygen atoms in total. The Morgan fingerprint density at radius 1 is 1.23 bits per heavy atom. The van der Waals surface area contributed by atoms with Gasteiger partial charge in [-0.25, -0.2) is 0 Å². The van der Waals surface area contributed by atoms with E-state index in [1.165, 1.54) is 5.69 Å². The van der Waals surface area contributed by atoms with E-state index in [1.807, 2.05) is 6.07 Å². The molecule has 1 saturated heterocycles. The van der Waals surface area contributed by atoms with Crippen molar-refractivity contribution in [1.82, 2.24) is 4.90 Å². The molecule has 0 aliphatic carbocycles. The van der Waals surface area contributed by atoms with Crippen molar-refractivity contribution in [3.05, 3.63) is 24.3 Å². The minimum absolute atomic E-state index is 0.515. The molecule has 1 aliphatic rings. The van der Waals surface area contributed by atoms with Crippen LogP contribution >= 0.6 is 0 Å². The van der Waals surface area contributed by atoms with Gasteiger partial charge in [-0.15, -0.1) is 0 Å². The lowest BCUT2D eigenvalue weighted by atomic mass is 10.1. The van der Waals surface area contributed by atoms with Gasteiger partial charge in [0.2, 0.25) is 0 Å². The highest BCUT2D eigenvalue weighted by Crippen LogP contribution is 2.20. The maximum absolute atomic E-state index is 5.41. The Bertz CT molecular complexity index is 428. The van der Waals surface area contributed by atoms with Crippen molar-refractivity contribution in [3.63, 3.8) is 0 Å². The van der Waals surface area contributed by atoms with E-state index >= 15 is 0 Å². The number of hydrogen-bond acceptors (Lipinski definition) is 4. The maximum atomic E-state index is 5.41. The van der Waals surface area contributed by atoms with Crippen molar-refractivity contribution < 1.29 is 4.74 Å². The van der Waals surface area contributed by atoms with Crippen LogP contribution in [0.4, 0.5) is 11.4 Å². The highest BCUT2D eigenvalue weighted by atomic mass is 16.5. The summed E-state index contributed by atoms with van der Waals surface area (Å²) in [6.45, 7) is 10.5. The fraction of sp³-hybridized carbons (Fsp3) is 0.667. The van der Waals surface area contributed by atoms with Crippen LogP contribution in [0.5, 0.6) is 0 Å². The van der Waals surface area contributed by atoms with Crippen molar-refractivity contribution >= 4 is 11.4 Å². The molecule has 0 amide bonds. The van der Waals surface area contributed by atoms with Gasteiger partial charge in [-0.3, -0.25) is 0 Å². The molecule has 0 saturated carbocycles. The molecular weight excluding hydrogens is 274 g/mol. The summed E-state index contributed by atoms with van der Waals surface area (Å²) < 4.78 is 5.41. The Balaban J connectivity index is 1.89. The molecular formula is C18H30N3O. The van der Waals surface area contributed by atoms with Crippen LogP contribution in [0.3, 0.4) is 0 Å². The average Bonchev–Trinajstić information content (AvgIpc) is 2.57. The summed E-state index contributed by atoms with van der Waals surface area (Å²) in [7, 11) is 2.16. The summed E-state index contributed by atoms with van der Waals surface area (Å²) in [5, 5.41) is 3.59. The van der Waals surface area contributed by atoms with E-state index in [0.717, 1.165) is 57.9 Å². The van der Waals surface area contributed by atoms with Gasteiger partial charge in [0.05, 0.1) is 0 Å². The Morgan fingerprint density at radius 2 is 1.95 bits per heavy atom. The first-order valence-electron chi connectivity index (χ1n) is 8.52. The van der Waals surface area contributed by atoms with E-state index in [0.29, 0.717) is 6.04 Å². The number of nitrogens with one attached hydrogen (secondary N) is 1. The fourth-order valence-electron chi connectivity index (χ4n) is 2.80. The van der Waals surface area contributed by atoms with Crippen LogP contribution in [-0.4, -0.2) is 57.4 Å². The normalized spacial score (nSPS) is 16.0. The van der Waals surface area contributed by atoms with Gasteiger partial charge in [-0.1, -0.05) is 19.9 Å². The summed E-state index contributed by atoms with van der Waals surface area (Å²) in [5.41, 5.74) is 2.35. The number of ether oxygens (including phenoxy) is 1. The van der Waals surface area contributed by atoms with Gasteiger partial charge in [-0.05, 0) is 38.1 Å². The lowest BCUT2D eigenvalue weighted by molar-refractivity contribution is 0.0904. The Morgan fingerprint density at radius 3 is 2.64 bits per heavy atom. The van der Waals surface area contributed by atoms with E-state index in [1.54, 1.807) is 0 Å². The van der Waals surface area contributed by atoms with E-state index in [4.69, 9.17) is 4.74 Å². The van der Waals surface area contributed by atoms with Gasteiger partial charge in [0.25, 0.3) is 0 Å². The maximum Gasteiger partial charge on any atom is 0.0485 e. The largest absolute Gasteiger partial charge is 0.382 e. The van der Waals surface area contributed by atoms with Gasteiger partial charge in [0.1, 0.15) is 0 Å². The van der Waals surface area contributed by atoms with Crippen LogP contribution in [0.15, 0.2) is 18.2 Å². The molecule has 1 radical (unpaired) electrons. The SMILES string of the molecule is CCN(CC)CCN(C)c1cc[c]c(NC2CCOCC2)c1. The number of nitrogens with zero attached hydrogens (tertiary/aromatic N) is 2. The zero-order valence-electron chi connectivity index (χ0n) is 14.3. The zero-order valence-corrected chi connectivity index (χ0v) is 14.3. The molecule has 1 heterocycles. The molecule has 0 bridgehead atoms. The highest BCUT2D eigenvalue weighted by molar-refractivity contribution is 5.57. The van der Waals surface area contributed by atoms with Crippen LogP contribution in [0.1, 0.15) is 26.7 Å². The fourth-order valence-corrected chi connectivity index (χ4v) is 2.80.